The van der Waals surface area contributed by atoms with E-state index < -0.39 is 30.2 Å². The molecule has 0 fully saturated rings. The molecule has 2 amide bonds. The zero-order chi connectivity index (χ0) is 18.1. The van der Waals surface area contributed by atoms with Crippen LogP contribution in [-0.2, 0) is 15.8 Å². The van der Waals surface area contributed by atoms with Gasteiger partial charge in [0, 0.05) is 6.08 Å². The normalized spacial score (nSPS) is 15.3. The molecule has 1 aliphatic heterocycles. The monoisotopic (exact) mass is 342 g/mol. The fraction of sp³-hybridized carbons (Fsp3) is 0.375. The number of hydrogen-bond donors (Lipinski definition) is 2. The Kier molecular flexibility index (Phi) is 4.98. The molecule has 0 aliphatic carbocycles. The number of anilines is 1. The Morgan fingerprint density at radius 2 is 1.92 bits per heavy atom. The molecular formula is C16H17F3N2O3. The van der Waals surface area contributed by atoms with Crippen molar-refractivity contribution in [1.82, 2.24) is 4.90 Å². The van der Waals surface area contributed by atoms with E-state index >= 15 is 0 Å². The third-order valence-corrected chi connectivity index (χ3v) is 3.62. The van der Waals surface area contributed by atoms with Gasteiger partial charge in [-0.3, -0.25) is 14.5 Å². The number of carbonyl (C=O) groups is 2. The predicted octanol–water partition coefficient (Wildman–Crippen LogP) is 2.49. The molecule has 0 aromatic heterocycles. The Labute approximate surface area is 136 Å². The van der Waals surface area contributed by atoms with Crippen molar-refractivity contribution in [2.75, 3.05) is 18.5 Å². The van der Waals surface area contributed by atoms with Crippen molar-refractivity contribution in [3.63, 3.8) is 0 Å². The SMILES string of the molecule is CC(C)c1ccc(NC2=CC(=O)N(CCO)C2=O)c(C(F)(F)F)c1. The number of aliphatic hydroxyl groups is 1. The van der Waals surface area contributed by atoms with Gasteiger partial charge in [-0.1, -0.05) is 19.9 Å². The number of β-amino-alcohol motifs (C(OH)–C–C–N with tert-alkyl or cyclic N) is 1. The topological polar surface area (TPSA) is 69.6 Å². The minimum Gasteiger partial charge on any atom is -0.395 e. The third-order valence-electron chi connectivity index (χ3n) is 3.62. The lowest BCUT2D eigenvalue weighted by atomic mass is 9.99. The van der Waals surface area contributed by atoms with Crippen LogP contribution in [0.1, 0.15) is 30.9 Å². The largest absolute Gasteiger partial charge is 0.418 e. The van der Waals surface area contributed by atoms with E-state index in [4.69, 9.17) is 5.11 Å². The number of rotatable bonds is 5. The molecule has 0 unspecified atom stereocenters. The van der Waals surface area contributed by atoms with Gasteiger partial charge in [-0.25, -0.2) is 0 Å². The fourth-order valence-electron chi connectivity index (χ4n) is 2.32. The van der Waals surface area contributed by atoms with Crippen molar-refractivity contribution in [3.05, 3.63) is 41.1 Å². The summed E-state index contributed by atoms with van der Waals surface area (Å²) in [4.78, 5) is 24.4. The summed E-state index contributed by atoms with van der Waals surface area (Å²) in [7, 11) is 0. The number of aliphatic hydroxyl groups excluding tert-OH is 1. The van der Waals surface area contributed by atoms with E-state index in [-0.39, 0.29) is 23.8 Å². The van der Waals surface area contributed by atoms with Crippen LogP contribution >= 0.6 is 0 Å². The van der Waals surface area contributed by atoms with Crippen molar-refractivity contribution in [1.29, 1.82) is 0 Å². The highest BCUT2D eigenvalue weighted by Crippen LogP contribution is 2.37. The highest BCUT2D eigenvalue weighted by Gasteiger charge is 2.36. The Bertz CT molecular complexity index is 696. The van der Waals surface area contributed by atoms with Crippen LogP contribution in [0.15, 0.2) is 30.0 Å². The number of nitrogens with zero attached hydrogens (tertiary/aromatic N) is 1. The summed E-state index contributed by atoms with van der Waals surface area (Å²) in [5.74, 6) is -1.53. The van der Waals surface area contributed by atoms with E-state index in [1.54, 1.807) is 13.8 Å². The maximum atomic E-state index is 13.3. The number of nitrogens with one attached hydrogen (secondary N) is 1. The van der Waals surface area contributed by atoms with Gasteiger partial charge in [0.25, 0.3) is 11.8 Å². The lowest BCUT2D eigenvalue weighted by Gasteiger charge is -2.18. The molecule has 0 radical (unpaired) electrons. The van der Waals surface area contributed by atoms with Crippen LogP contribution in [0, 0.1) is 0 Å². The average Bonchev–Trinajstić information content (AvgIpc) is 2.74. The van der Waals surface area contributed by atoms with Crippen LogP contribution in [0.5, 0.6) is 0 Å². The maximum Gasteiger partial charge on any atom is 0.418 e. The van der Waals surface area contributed by atoms with Crippen molar-refractivity contribution in [2.45, 2.75) is 25.9 Å². The van der Waals surface area contributed by atoms with Crippen molar-refractivity contribution in [2.24, 2.45) is 0 Å². The molecule has 0 atom stereocenters. The predicted molar refractivity (Wildman–Crippen MR) is 81.0 cm³/mol. The van der Waals surface area contributed by atoms with Crippen molar-refractivity contribution < 1.29 is 27.9 Å². The molecule has 0 bridgehead atoms. The highest BCUT2D eigenvalue weighted by molar-refractivity contribution is 6.17. The lowest BCUT2D eigenvalue weighted by Crippen LogP contribution is -2.34. The number of imide groups is 1. The maximum absolute atomic E-state index is 13.3. The van der Waals surface area contributed by atoms with Gasteiger partial charge in [-0.2, -0.15) is 13.2 Å². The molecule has 1 aliphatic rings. The van der Waals surface area contributed by atoms with Crippen molar-refractivity contribution >= 4 is 17.5 Å². The lowest BCUT2D eigenvalue weighted by molar-refractivity contribution is -0.138. The molecule has 5 nitrogen and oxygen atoms in total. The summed E-state index contributed by atoms with van der Waals surface area (Å²) in [6, 6.07) is 3.81. The molecule has 24 heavy (non-hydrogen) atoms. The van der Waals surface area contributed by atoms with E-state index in [1.807, 2.05) is 0 Å². The van der Waals surface area contributed by atoms with Crippen LogP contribution in [0.4, 0.5) is 18.9 Å². The van der Waals surface area contributed by atoms with Crippen LogP contribution in [-0.4, -0.2) is 35.0 Å². The number of alkyl halides is 3. The number of benzene rings is 1. The molecule has 0 saturated carbocycles. The van der Waals surface area contributed by atoms with Crippen LogP contribution in [0.3, 0.4) is 0 Å². The number of halogens is 3. The molecule has 8 heteroatoms. The van der Waals surface area contributed by atoms with E-state index in [9.17, 15) is 22.8 Å². The summed E-state index contributed by atoms with van der Waals surface area (Å²) in [6.07, 6.45) is -3.68. The fourth-order valence-corrected chi connectivity index (χ4v) is 2.32. The van der Waals surface area contributed by atoms with Crippen molar-refractivity contribution in [3.8, 4) is 0 Å². The minimum atomic E-state index is -4.61. The first-order valence-corrected chi connectivity index (χ1v) is 7.31. The van der Waals surface area contributed by atoms with Gasteiger partial charge in [-0.05, 0) is 23.6 Å². The average molecular weight is 342 g/mol. The summed E-state index contributed by atoms with van der Waals surface area (Å²) in [5, 5.41) is 11.2. The van der Waals surface area contributed by atoms with Gasteiger partial charge in [-0.15, -0.1) is 0 Å². The van der Waals surface area contributed by atoms with E-state index in [2.05, 4.69) is 5.32 Å². The van der Waals surface area contributed by atoms with Gasteiger partial charge in [0.05, 0.1) is 24.4 Å². The second-order valence-electron chi connectivity index (χ2n) is 5.66. The number of carbonyl (C=O) groups excluding carboxylic acids is 2. The first-order chi connectivity index (χ1) is 11.1. The number of hydrogen-bond acceptors (Lipinski definition) is 4. The summed E-state index contributed by atoms with van der Waals surface area (Å²) in [5.41, 5.74) is -0.950. The zero-order valence-electron chi connectivity index (χ0n) is 13.1. The second-order valence-corrected chi connectivity index (χ2v) is 5.66. The van der Waals surface area contributed by atoms with E-state index in [0.29, 0.717) is 5.56 Å². The standard InChI is InChI=1S/C16H17F3N2O3/c1-9(2)10-3-4-12(11(7-10)16(17,18)19)20-13-8-14(23)21(5-6-22)15(13)24/h3-4,7-9,20,22H,5-6H2,1-2H3. The minimum absolute atomic E-state index is 0.0888. The van der Waals surface area contributed by atoms with Gasteiger partial charge < -0.3 is 10.4 Å². The van der Waals surface area contributed by atoms with Gasteiger partial charge in [0.1, 0.15) is 5.70 Å². The zero-order valence-corrected chi connectivity index (χ0v) is 13.1. The Morgan fingerprint density at radius 3 is 2.46 bits per heavy atom. The second kappa shape index (κ2) is 6.64. The Balaban J connectivity index is 2.35. The molecule has 0 saturated heterocycles. The summed E-state index contributed by atoms with van der Waals surface area (Å²) in [6.45, 7) is 2.92. The Morgan fingerprint density at radius 1 is 1.25 bits per heavy atom. The summed E-state index contributed by atoms with van der Waals surface area (Å²) >= 11 is 0. The Hall–Kier alpha value is -2.35. The van der Waals surface area contributed by atoms with Gasteiger partial charge >= 0.3 is 6.18 Å². The number of amides is 2. The van der Waals surface area contributed by atoms with E-state index in [0.717, 1.165) is 17.0 Å². The smallest absolute Gasteiger partial charge is 0.395 e. The van der Waals surface area contributed by atoms with Gasteiger partial charge in [0.2, 0.25) is 0 Å². The first kappa shape index (κ1) is 18.0. The molecule has 2 rings (SSSR count). The highest BCUT2D eigenvalue weighted by atomic mass is 19.4. The quantitative estimate of drug-likeness (QED) is 0.807. The molecule has 1 aromatic carbocycles. The molecule has 2 N–H and O–H groups in total. The van der Waals surface area contributed by atoms with Crippen LogP contribution in [0.2, 0.25) is 0 Å². The molecule has 0 spiro atoms. The van der Waals surface area contributed by atoms with E-state index in [1.165, 1.54) is 12.1 Å². The first-order valence-electron chi connectivity index (χ1n) is 7.31. The molecule has 1 aromatic rings. The van der Waals surface area contributed by atoms with Crippen LogP contribution in [0.25, 0.3) is 0 Å². The molecule has 130 valence electrons. The molecule has 1 heterocycles. The molecular weight excluding hydrogens is 325 g/mol. The third kappa shape index (κ3) is 3.59. The van der Waals surface area contributed by atoms with Gasteiger partial charge in [0.15, 0.2) is 0 Å². The summed E-state index contributed by atoms with van der Waals surface area (Å²) < 4.78 is 39.8. The van der Waals surface area contributed by atoms with Crippen LogP contribution < -0.4 is 5.32 Å².